The normalized spacial score (nSPS) is 11.5. The van der Waals surface area contributed by atoms with E-state index >= 15 is 0 Å². The number of carbonyl (C=O) groups excluding carboxylic acids is 1. The van der Waals surface area contributed by atoms with Gasteiger partial charge in [0.15, 0.2) is 0 Å². The van der Waals surface area contributed by atoms with Gasteiger partial charge < -0.3 is 10.1 Å². The molecule has 7 heteroatoms. The van der Waals surface area contributed by atoms with Gasteiger partial charge in [-0.25, -0.2) is 12.7 Å². The van der Waals surface area contributed by atoms with Crippen molar-refractivity contribution in [1.29, 1.82) is 0 Å². The van der Waals surface area contributed by atoms with Crippen LogP contribution in [0.15, 0.2) is 23.1 Å². The fraction of sp³-hybridized carbons (Fsp3) is 0.500. The number of ether oxygens (including phenoxy) is 1. The summed E-state index contributed by atoms with van der Waals surface area (Å²) in [5.74, 6) is 0.512. The summed E-state index contributed by atoms with van der Waals surface area (Å²) >= 11 is 0. The third-order valence-electron chi connectivity index (χ3n) is 3.03. The Morgan fingerprint density at radius 3 is 2.52 bits per heavy atom. The molecule has 0 unspecified atom stereocenters. The van der Waals surface area contributed by atoms with E-state index in [1.807, 2.05) is 6.92 Å². The van der Waals surface area contributed by atoms with Crippen LogP contribution in [0.4, 0.5) is 0 Å². The molecule has 1 rings (SSSR count). The van der Waals surface area contributed by atoms with Crippen LogP contribution in [0.2, 0.25) is 0 Å². The lowest BCUT2D eigenvalue weighted by Crippen LogP contribution is -2.23. The van der Waals surface area contributed by atoms with Gasteiger partial charge in [0.25, 0.3) is 0 Å². The van der Waals surface area contributed by atoms with E-state index in [1.165, 1.54) is 27.3 Å². The molecule has 6 nitrogen and oxygen atoms in total. The van der Waals surface area contributed by atoms with E-state index in [9.17, 15) is 13.2 Å². The third kappa shape index (κ3) is 4.44. The Bertz CT molecular complexity index is 597. The van der Waals surface area contributed by atoms with Gasteiger partial charge in [0.05, 0.1) is 12.0 Å². The fourth-order valence-corrected chi connectivity index (χ4v) is 2.81. The summed E-state index contributed by atoms with van der Waals surface area (Å²) in [6.07, 6.45) is 0.710. The molecule has 0 aliphatic carbocycles. The molecule has 0 aliphatic heterocycles. The molecule has 0 atom stereocenters. The van der Waals surface area contributed by atoms with Crippen molar-refractivity contribution in [3.8, 4) is 5.75 Å². The van der Waals surface area contributed by atoms with E-state index < -0.39 is 10.0 Å². The first kappa shape index (κ1) is 17.5. The average Bonchev–Trinajstić information content (AvgIpc) is 2.44. The smallest absolute Gasteiger partial charge is 0.242 e. The van der Waals surface area contributed by atoms with Crippen molar-refractivity contribution >= 4 is 15.9 Å². The molecule has 1 N–H and O–H groups in total. The van der Waals surface area contributed by atoms with E-state index in [4.69, 9.17) is 4.74 Å². The molecule has 0 heterocycles. The van der Waals surface area contributed by atoms with E-state index in [2.05, 4.69) is 5.32 Å². The Balaban J connectivity index is 3.04. The number of nitrogens with zero attached hydrogens (tertiary/aromatic N) is 1. The van der Waals surface area contributed by atoms with Crippen LogP contribution in [0.3, 0.4) is 0 Å². The van der Waals surface area contributed by atoms with Gasteiger partial charge in [-0.3, -0.25) is 4.79 Å². The summed E-state index contributed by atoms with van der Waals surface area (Å²) in [5.41, 5.74) is 0.701. The van der Waals surface area contributed by atoms with Gasteiger partial charge in [0.1, 0.15) is 5.75 Å². The second kappa shape index (κ2) is 7.42. The number of aryl methyl sites for hydroxylation is 1. The topological polar surface area (TPSA) is 75.7 Å². The number of amides is 1. The summed E-state index contributed by atoms with van der Waals surface area (Å²) in [7, 11) is 0.983. The first-order valence-corrected chi connectivity index (χ1v) is 8.13. The van der Waals surface area contributed by atoms with Gasteiger partial charge in [-0.15, -0.1) is 0 Å². The number of hydrogen-bond acceptors (Lipinski definition) is 4. The monoisotopic (exact) mass is 314 g/mol. The molecular weight excluding hydrogens is 292 g/mol. The van der Waals surface area contributed by atoms with Crippen molar-refractivity contribution < 1.29 is 17.9 Å². The zero-order chi connectivity index (χ0) is 16.0. The van der Waals surface area contributed by atoms with Gasteiger partial charge >= 0.3 is 0 Å². The molecule has 0 saturated heterocycles. The number of benzene rings is 1. The maximum Gasteiger partial charge on any atom is 0.242 e. The predicted octanol–water partition coefficient (Wildman–Crippen LogP) is 1.01. The average molecular weight is 314 g/mol. The van der Waals surface area contributed by atoms with Crippen molar-refractivity contribution in [3.63, 3.8) is 0 Å². The Morgan fingerprint density at radius 1 is 1.33 bits per heavy atom. The highest BCUT2D eigenvalue weighted by molar-refractivity contribution is 7.89. The Kier molecular flexibility index (Phi) is 6.17. The molecule has 0 aromatic heterocycles. The highest BCUT2D eigenvalue weighted by Crippen LogP contribution is 2.24. The highest BCUT2D eigenvalue weighted by Gasteiger charge is 2.19. The van der Waals surface area contributed by atoms with Crippen molar-refractivity contribution in [1.82, 2.24) is 9.62 Å². The first-order valence-electron chi connectivity index (χ1n) is 6.69. The van der Waals surface area contributed by atoms with Crippen LogP contribution in [-0.4, -0.2) is 46.4 Å². The molecule has 1 aromatic rings. The number of methoxy groups -OCH3 is 1. The van der Waals surface area contributed by atoms with Crippen LogP contribution in [0.25, 0.3) is 0 Å². The minimum absolute atomic E-state index is 0.0691. The Hall–Kier alpha value is -1.60. The molecule has 0 radical (unpaired) electrons. The summed E-state index contributed by atoms with van der Waals surface area (Å²) in [5, 5.41) is 2.71. The maximum atomic E-state index is 12.1. The van der Waals surface area contributed by atoms with Gasteiger partial charge in [-0.1, -0.05) is 0 Å². The van der Waals surface area contributed by atoms with Crippen molar-refractivity contribution in [2.75, 3.05) is 27.7 Å². The molecule has 1 amide bonds. The molecule has 0 aliphatic rings. The summed E-state index contributed by atoms with van der Waals surface area (Å²) < 4.78 is 30.6. The Labute approximate surface area is 126 Å². The minimum Gasteiger partial charge on any atom is -0.496 e. The van der Waals surface area contributed by atoms with Crippen LogP contribution in [0, 0.1) is 0 Å². The molecule has 0 bridgehead atoms. The molecule has 1 aromatic carbocycles. The standard InChI is InChI=1S/C14H22N2O4S/c1-5-15-14(17)9-6-11-10-12(7-8-13(11)20-4)21(18,19)16(2)3/h7-8,10H,5-6,9H2,1-4H3,(H,15,17). The highest BCUT2D eigenvalue weighted by atomic mass is 32.2. The quantitative estimate of drug-likeness (QED) is 0.815. The SMILES string of the molecule is CCNC(=O)CCc1cc(S(=O)(=O)N(C)C)ccc1OC. The summed E-state index contributed by atoms with van der Waals surface area (Å²) in [6.45, 7) is 2.42. The van der Waals surface area contributed by atoms with Gasteiger partial charge in [0.2, 0.25) is 15.9 Å². The number of carbonyl (C=O) groups is 1. The Morgan fingerprint density at radius 2 is 2.00 bits per heavy atom. The van der Waals surface area contributed by atoms with Gasteiger partial charge in [-0.05, 0) is 37.1 Å². The van der Waals surface area contributed by atoms with Gasteiger partial charge in [-0.2, -0.15) is 0 Å². The fourth-order valence-electron chi connectivity index (χ4n) is 1.86. The zero-order valence-electron chi connectivity index (χ0n) is 12.8. The van der Waals surface area contributed by atoms with Crippen LogP contribution < -0.4 is 10.1 Å². The third-order valence-corrected chi connectivity index (χ3v) is 4.84. The van der Waals surface area contributed by atoms with Crippen LogP contribution in [0.1, 0.15) is 18.9 Å². The largest absolute Gasteiger partial charge is 0.496 e. The van der Waals surface area contributed by atoms with Crippen LogP contribution >= 0.6 is 0 Å². The molecule has 21 heavy (non-hydrogen) atoms. The number of hydrogen-bond donors (Lipinski definition) is 1. The lowest BCUT2D eigenvalue weighted by molar-refractivity contribution is -0.120. The predicted molar refractivity (Wildman–Crippen MR) is 80.9 cm³/mol. The molecule has 0 saturated carbocycles. The minimum atomic E-state index is -3.50. The van der Waals surface area contributed by atoms with E-state index in [0.29, 0.717) is 24.3 Å². The van der Waals surface area contributed by atoms with Crippen molar-refractivity contribution in [2.45, 2.75) is 24.7 Å². The maximum absolute atomic E-state index is 12.1. The molecule has 0 fully saturated rings. The lowest BCUT2D eigenvalue weighted by atomic mass is 10.1. The second-order valence-electron chi connectivity index (χ2n) is 4.71. The van der Waals surface area contributed by atoms with Crippen LogP contribution in [0.5, 0.6) is 5.75 Å². The van der Waals surface area contributed by atoms with Crippen molar-refractivity contribution in [2.24, 2.45) is 0 Å². The number of nitrogens with one attached hydrogen (secondary N) is 1. The van der Waals surface area contributed by atoms with Crippen molar-refractivity contribution in [3.05, 3.63) is 23.8 Å². The lowest BCUT2D eigenvalue weighted by Gasteiger charge is -2.14. The molecular formula is C14H22N2O4S. The van der Waals surface area contributed by atoms with Gasteiger partial charge in [0, 0.05) is 27.1 Å². The summed E-state index contributed by atoms with van der Waals surface area (Å²) in [4.78, 5) is 11.7. The zero-order valence-corrected chi connectivity index (χ0v) is 13.7. The van der Waals surface area contributed by atoms with E-state index in [1.54, 1.807) is 12.1 Å². The van der Waals surface area contributed by atoms with E-state index in [-0.39, 0.29) is 17.2 Å². The second-order valence-corrected chi connectivity index (χ2v) is 6.87. The number of rotatable bonds is 7. The summed E-state index contributed by atoms with van der Waals surface area (Å²) in [6, 6.07) is 4.68. The first-order chi connectivity index (χ1) is 9.82. The molecule has 118 valence electrons. The number of sulfonamides is 1. The van der Waals surface area contributed by atoms with E-state index in [0.717, 1.165) is 4.31 Å². The molecule has 0 spiro atoms. The van der Waals surface area contributed by atoms with Crippen LogP contribution in [-0.2, 0) is 21.2 Å².